The fraction of sp³-hybridized carbons (Fsp3) is 0.613. The molecule has 0 saturated carbocycles. The minimum Gasteiger partial charge on any atom is -0.0617 e. The highest BCUT2D eigenvalue weighted by molar-refractivity contribution is 5.46. The Hall–Kier alpha value is -1.56. The van der Waals surface area contributed by atoms with E-state index in [2.05, 4.69) is 126 Å². The Labute approximate surface area is 193 Å². The molecule has 0 radical (unpaired) electrons. The molecular formula is C31H48. The van der Waals surface area contributed by atoms with E-state index in [0.717, 1.165) is 6.42 Å². The zero-order valence-corrected chi connectivity index (χ0v) is 22.7. The number of hydrogen-bond acceptors (Lipinski definition) is 0. The molecule has 2 aromatic carbocycles. The summed E-state index contributed by atoms with van der Waals surface area (Å²) in [7, 11) is 0. The first kappa shape index (κ1) is 25.7. The Morgan fingerprint density at radius 2 is 1.16 bits per heavy atom. The van der Waals surface area contributed by atoms with Crippen LogP contribution in [0.25, 0.3) is 0 Å². The molecule has 0 nitrogen and oxygen atoms in total. The van der Waals surface area contributed by atoms with Crippen LogP contribution in [-0.2, 0) is 28.1 Å². The van der Waals surface area contributed by atoms with Crippen molar-refractivity contribution < 1.29 is 0 Å². The van der Waals surface area contributed by atoms with E-state index < -0.39 is 0 Å². The van der Waals surface area contributed by atoms with Gasteiger partial charge in [-0.3, -0.25) is 0 Å². The third-order valence-electron chi connectivity index (χ3n) is 6.49. The van der Waals surface area contributed by atoms with Crippen molar-refractivity contribution in [2.75, 3.05) is 0 Å². The SMILES string of the molecule is CC(Cc1cccc(C(C)(C)C)c1C(C)(C)C)c1ccc(C(C)(C)C)cc1C(C)(C)C. The van der Waals surface area contributed by atoms with E-state index in [1.54, 1.807) is 0 Å². The summed E-state index contributed by atoms with van der Waals surface area (Å²) >= 11 is 0. The first-order valence-corrected chi connectivity index (χ1v) is 12.1. The van der Waals surface area contributed by atoms with E-state index in [9.17, 15) is 0 Å². The molecule has 0 spiro atoms. The van der Waals surface area contributed by atoms with Gasteiger partial charge >= 0.3 is 0 Å². The summed E-state index contributed by atoms with van der Waals surface area (Å²) < 4.78 is 0. The van der Waals surface area contributed by atoms with Crippen LogP contribution < -0.4 is 0 Å². The van der Waals surface area contributed by atoms with Gasteiger partial charge in [-0.05, 0) is 67.4 Å². The van der Waals surface area contributed by atoms with Gasteiger partial charge in [0.2, 0.25) is 0 Å². The van der Waals surface area contributed by atoms with Gasteiger partial charge in [-0.25, -0.2) is 0 Å². The second-order valence-electron chi connectivity index (χ2n) is 13.7. The van der Waals surface area contributed by atoms with Crippen molar-refractivity contribution in [3.05, 3.63) is 69.8 Å². The van der Waals surface area contributed by atoms with Crippen molar-refractivity contribution in [2.24, 2.45) is 0 Å². The van der Waals surface area contributed by atoms with Crippen LogP contribution in [-0.4, -0.2) is 0 Å². The predicted molar refractivity (Wildman–Crippen MR) is 140 cm³/mol. The molecule has 0 heteroatoms. The van der Waals surface area contributed by atoms with Gasteiger partial charge in [-0.1, -0.05) is 126 Å². The molecule has 2 aromatic rings. The molecule has 0 bridgehead atoms. The Balaban J connectivity index is 2.60. The topological polar surface area (TPSA) is 0 Å². The third kappa shape index (κ3) is 6.03. The first-order chi connectivity index (χ1) is 13.8. The van der Waals surface area contributed by atoms with Crippen molar-refractivity contribution >= 4 is 0 Å². The molecule has 2 rings (SSSR count). The second-order valence-corrected chi connectivity index (χ2v) is 13.7. The molecule has 0 N–H and O–H groups in total. The van der Waals surface area contributed by atoms with Crippen molar-refractivity contribution in [3.8, 4) is 0 Å². The lowest BCUT2D eigenvalue weighted by atomic mass is 9.71. The molecular weight excluding hydrogens is 372 g/mol. The van der Waals surface area contributed by atoms with Gasteiger partial charge in [0, 0.05) is 0 Å². The smallest absolute Gasteiger partial charge is 0.0126 e. The van der Waals surface area contributed by atoms with Crippen molar-refractivity contribution in [3.63, 3.8) is 0 Å². The lowest BCUT2D eigenvalue weighted by Crippen LogP contribution is -2.25. The van der Waals surface area contributed by atoms with Crippen LogP contribution in [0.1, 0.15) is 129 Å². The fourth-order valence-electron chi connectivity index (χ4n) is 4.82. The van der Waals surface area contributed by atoms with Gasteiger partial charge in [-0.15, -0.1) is 0 Å². The summed E-state index contributed by atoms with van der Waals surface area (Å²) in [4.78, 5) is 0. The maximum atomic E-state index is 2.47. The van der Waals surface area contributed by atoms with E-state index in [1.165, 1.54) is 33.4 Å². The zero-order valence-electron chi connectivity index (χ0n) is 22.7. The minimum absolute atomic E-state index is 0.127. The number of benzene rings is 2. The Morgan fingerprint density at radius 1 is 0.613 bits per heavy atom. The predicted octanol–water partition coefficient (Wildman–Crippen LogP) is 9.22. The van der Waals surface area contributed by atoms with E-state index in [-0.39, 0.29) is 21.7 Å². The highest BCUT2D eigenvalue weighted by atomic mass is 14.3. The maximum Gasteiger partial charge on any atom is -0.0126 e. The van der Waals surface area contributed by atoms with Gasteiger partial charge in [0.15, 0.2) is 0 Å². The van der Waals surface area contributed by atoms with Crippen LogP contribution in [0.2, 0.25) is 0 Å². The van der Waals surface area contributed by atoms with Gasteiger partial charge < -0.3 is 0 Å². The molecule has 1 unspecified atom stereocenters. The zero-order chi connectivity index (χ0) is 24.0. The number of rotatable bonds is 3. The summed E-state index contributed by atoms with van der Waals surface area (Å²) in [5.74, 6) is 0.472. The third-order valence-corrected chi connectivity index (χ3v) is 6.49. The van der Waals surface area contributed by atoms with Gasteiger partial charge in [0.1, 0.15) is 0 Å². The molecule has 0 saturated heterocycles. The van der Waals surface area contributed by atoms with Gasteiger partial charge in [0.05, 0.1) is 0 Å². The quantitative estimate of drug-likeness (QED) is 0.464. The highest BCUT2D eigenvalue weighted by Gasteiger charge is 2.29. The molecule has 0 aliphatic heterocycles. The Morgan fingerprint density at radius 3 is 1.61 bits per heavy atom. The van der Waals surface area contributed by atoms with Crippen LogP contribution in [0.3, 0.4) is 0 Å². The van der Waals surface area contributed by atoms with Gasteiger partial charge in [-0.2, -0.15) is 0 Å². The molecule has 0 aromatic heterocycles. The molecule has 0 amide bonds. The van der Waals surface area contributed by atoms with Gasteiger partial charge in [0.25, 0.3) is 0 Å². The van der Waals surface area contributed by atoms with E-state index >= 15 is 0 Å². The Kier molecular flexibility index (Phi) is 6.98. The summed E-state index contributed by atoms with van der Waals surface area (Å²) in [6, 6.07) is 14.2. The Bertz CT molecular complexity index is 899. The average Bonchev–Trinajstić information content (AvgIpc) is 2.57. The van der Waals surface area contributed by atoms with Crippen LogP contribution in [0.15, 0.2) is 36.4 Å². The minimum atomic E-state index is 0.127. The van der Waals surface area contributed by atoms with Crippen LogP contribution in [0.5, 0.6) is 0 Å². The lowest BCUT2D eigenvalue weighted by molar-refractivity contribution is 0.520. The highest BCUT2D eigenvalue weighted by Crippen LogP contribution is 2.40. The van der Waals surface area contributed by atoms with Crippen molar-refractivity contribution in [2.45, 2.75) is 124 Å². The average molecular weight is 421 g/mol. The molecule has 0 fully saturated rings. The molecule has 0 aliphatic carbocycles. The van der Waals surface area contributed by atoms with E-state index in [4.69, 9.17) is 0 Å². The van der Waals surface area contributed by atoms with Crippen LogP contribution in [0.4, 0.5) is 0 Å². The van der Waals surface area contributed by atoms with E-state index in [1.807, 2.05) is 0 Å². The van der Waals surface area contributed by atoms with Crippen LogP contribution in [0, 0.1) is 0 Å². The first-order valence-electron chi connectivity index (χ1n) is 12.1. The van der Waals surface area contributed by atoms with Crippen molar-refractivity contribution in [1.29, 1.82) is 0 Å². The lowest BCUT2D eigenvalue weighted by Gasteiger charge is -2.34. The molecule has 1 atom stereocenters. The normalized spacial score (nSPS) is 14.6. The van der Waals surface area contributed by atoms with Crippen molar-refractivity contribution in [1.82, 2.24) is 0 Å². The standard InChI is InChI=1S/C31H48/c1-21(24-18-17-23(28(2,3)4)20-26(24)30(8,9)10)19-22-15-14-16-25(29(5,6)7)27(22)31(11,12)13/h14-18,20-21H,19H2,1-13H3. The summed E-state index contributed by atoms with van der Waals surface area (Å²) in [5, 5.41) is 0. The summed E-state index contributed by atoms with van der Waals surface area (Å²) in [6.45, 7) is 30.5. The fourth-order valence-corrected chi connectivity index (χ4v) is 4.82. The monoisotopic (exact) mass is 420 g/mol. The molecule has 0 heterocycles. The van der Waals surface area contributed by atoms with E-state index in [0.29, 0.717) is 5.92 Å². The summed E-state index contributed by atoms with van der Waals surface area (Å²) in [6.07, 6.45) is 1.08. The molecule has 0 aliphatic rings. The number of hydrogen-bond donors (Lipinski definition) is 0. The maximum absolute atomic E-state index is 2.47. The molecule has 31 heavy (non-hydrogen) atoms. The second kappa shape index (κ2) is 8.42. The molecule has 172 valence electrons. The largest absolute Gasteiger partial charge is 0.0617 e. The summed E-state index contributed by atoms with van der Waals surface area (Å²) in [5.41, 5.74) is 9.53. The van der Waals surface area contributed by atoms with Crippen LogP contribution >= 0.6 is 0 Å².